The quantitative estimate of drug-likeness (QED) is 0.283. The molecule has 0 heterocycles. The first-order valence-electron chi connectivity index (χ1n) is 16.5. The van der Waals surface area contributed by atoms with Gasteiger partial charge in [0.05, 0.1) is 0 Å². The minimum absolute atomic E-state index is 0.218. The average Bonchev–Trinajstić information content (AvgIpc) is 3.05. The predicted octanol–water partition coefficient (Wildman–Crippen LogP) is 11.6. The van der Waals surface area contributed by atoms with E-state index in [4.69, 9.17) is 4.18 Å². The molecular weight excluding hydrogens is 520 g/mol. The normalized spacial score (nSPS) is 20.0. The van der Waals surface area contributed by atoms with E-state index in [1.54, 1.807) is 6.92 Å². The van der Waals surface area contributed by atoms with Gasteiger partial charge < -0.3 is 4.18 Å². The molecule has 3 heteroatoms. The highest BCUT2D eigenvalue weighted by atomic mass is 32.3. The van der Waals surface area contributed by atoms with Gasteiger partial charge in [0.1, 0.15) is 0 Å². The van der Waals surface area contributed by atoms with E-state index in [-0.39, 0.29) is 5.97 Å². The second kappa shape index (κ2) is 13.2. The maximum atomic E-state index is 12.9. The number of carbonyl (C=O) groups excluding carboxylic acids is 1. The fourth-order valence-electron chi connectivity index (χ4n) is 7.83. The van der Waals surface area contributed by atoms with Gasteiger partial charge in [0, 0.05) is 21.6 Å². The van der Waals surface area contributed by atoms with Gasteiger partial charge in [-0.05, 0) is 120 Å². The summed E-state index contributed by atoms with van der Waals surface area (Å²) in [6.07, 6.45) is 19.8. The second-order valence-electron chi connectivity index (χ2n) is 12.8. The zero-order valence-corrected chi connectivity index (χ0v) is 25.8. The standard InChI is InChI=1S/C38H48O2S/c1-29(39)40-41(36-23-17-33(18-24-36)30-11-5-2-6-12-30,37-25-19-34(20-26-37)31-13-7-3-8-14-31)38-27-21-35(22-28-38)32-15-9-4-10-16-32/h17-28,30-32H,2-16H2,1H3. The lowest BCUT2D eigenvalue weighted by Gasteiger charge is -2.40. The summed E-state index contributed by atoms with van der Waals surface area (Å²) in [7, 11) is -2.22. The van der Waals surface area contributed by atoms with E-state index in [1.807, 2.05) is 0 Å². The Balaban J connectivity index is 1.42. The van der Waals surface area contributed by atoms with E-state index in [2.05, 4.69) is 72.8 Å². The van der Waals surface area contributed by atoms with Crippen LogP contribution in [0.25, 0.3) is 0 Å². The number of rotatable bonds is 7. The first kappa shape index (κ1) is 28.6. The van der Waals surface area contributed by atoms with Gasteiger partial charge in [-0.1, -0.05) is 94.2 Å². The predicted molar refractivity (Wildman–Crippen MR) is 171 cm³/mol. The molecule has 3 aromatic carbocycles. The molecular formula is C38H48O2S. The molecule has 0 amide bonds. The monoisotopic (exact) mass is 568 g/mol. The molecule has 3 saturated carbocycles. The van der Waals surface area contributed by atoms with Crippen LogP contribution in [0.15, 0.2) is 87.5 Å². The lowest BCUT2D eigenvalue weighted by Crippen LogP contribution is -2.13. The van der Waals surface area contributed by atoms with E-state index in [0.29, 0.717) is 17.8 Å². The highest BCUT2D eigenvalue weighted by Crippen LogP contribution is 2.69. The summed E-state index contributed by atoms with van der Waals surface area (Å²) in [6.45, 7) is 1.57. The van der Waals surface area contributed by atoms with Crippen molar-refractivity contribution in [1.82, 2.24) is 0 Å². The summed E-state index contributed by atoms with van der Waals surface area (Å²) in [6, 6.07) is 27.6. The molecule has 0 aliphatic heterocycles. The molecule has 6 rings (SSSR count). The van der Waals surface area contributed by atoms with Crippen LogP contribution in [-0.4, -0.2) is 5.97 Å². The highest BCUT2D eigenvalue weighted by Gasteiger charge is 2.36. The van der Waals surface area contributed by atoms with E-state index in [9.17, 15) is 4.79 Å². The van der Waals surface area contributed by atoms with Gasteiger partial charge in [0.25, 0.3) is 0 Å². The average molecular weight is 569 g/mol. The Bertz CT molecular complexity index is 1110. The van der Waals surface area contributed by atoms with Crippen molar-refractivity contribution in [3.05, 3.63) is 89.5 Å². The molecule has 41 heavy (non-hydrogen) atoms. The van der Waals surface area contributed by atoms with Crippen molar-refractivity contribution in [2.75, 3.05) is 0 Å². The van der Waals surface area contributed by atoms with Gasteiger partial charge in [-0.15, -0.1) is 0 Å². The zero-order chi connectivity index (χ0) is 28.1. The number of hydrogen-bond donors (Lipinski definition) is 0. The minimum atomic E-state index is -2.22. The number of carbonyl (C=O) groups is 1. The van der Waals surface area contributed by atoms with Crippen LogP contribution in [0.4, 0.5) is 0 Å². The van der Waals surface area contributed by atoms with Crippen molar-refractivity contribution in [1.29, 1.82) is 0 Å². The van der Waals surface area contributed by atoms with Crippen LogP contribution < -0.4 is 0 Å². The van der Waals surface area contributed by atoms with Crippen molar-refractivity contribution in [3.63, 3.8) is 0 Å². The zero-order valence-electron chi connectivity index (χ0n) is 25.0. The summed E-state index contributed by atoms with van der Waals surface area (Å²) in [5.74, 6) is 1.74. The van der Waals surface area contributed by atoms with Crippen LogP contribution in [0.1, 0.15) is 138 Å². The van der Waals surface area contributed by atoms with Crippen molar-refractivity contribution in [2.45, 2.75) is 136 Å². The van der Waals surface area contributed by atoms with Crippen LogP contribution in [0.5, 0.6) is 0 Å². The van der Waals surface area contributed by atoms with Crippen molar-refractivity contribution in [3.8, 4) is 0 Å². The molecule has 2 nitrogen and oxygen atoms in total. The topological polar surface area (TPSA) is 26.3 Å². The number of hydrogen-bond acceptors (Lipinski definition) is 2. The Kier molecular flexibility index (Phi) is 9.20. The molecule has 0 spiro atoms. The molecule has 0 atom stereocenters. The van der Waals surface area contributed by atoms with Gasteiger partial charge in [-0.25, -0.2) is 0 Å². The third kappa shape index (κ3) is 6.31. The van der Waals surface area contributed by atoms with Crippen LogP contribution in [0.3, 0.4) is 0 Å². The van der Waals surface area contributed by atoms with Crippen LogP contribution in [0.2, 0.25) is 0 Å². The highest BCUT2D eigenvalue weighted by molar-refractivity contribution is 8.30. The van der Waals surface area contributed by atoms with Crippen LogP contribution in [-0.2, 0) is 8.98 Å². The Morgan fingerprint density at radius 3 is 1.00 bits per heavy atom. The fourth-order valence-corrected chi connectivity index (χ4v) is 10.8. The van der Waals surface area contributed by atoms with Crippen molar-refractivity contribution < 1.29 is 8.98 Å². The molecule has 0 N–H and O–H groups in total. The lowest BCUT2D eigenvalue weighted by atomic mass is 9.84. The molecule has 0 unspecified atom stereocenters. The maximum absolute atomic E-state index is 12.9. The van der Waals surface area contributed by atoms with Gasteiger partial charge in [-0.2, -0.15) is 0 Å². The summed E-state index contributed by atoms with van der Waals surface area (Å²) >= 11 is 0. The third-order valence-corrected chi connectivity index (χ3v) is 13.4. The molecule has 0 radical (unpaired) electrons. The van der Waals surface area contributed by atoms with Crippen molar-refractivity contribution in [2.24, 2.45) is 0 Å². The van der Waals surface area contributed by atoms with Crippen LogP contribution in [0, 0.1) is 0 Å². The van der Waals surface area contributed by atoms with Gasteiger partial charge in [0.15, 0.2) is 0 Å². The summed E-state index contributed by atoms with van der Waals surface area (Å²) in [5, 5.41) is 0. The Morgan fingerprint density at radius 1 is 0.488 bits per heavy atom. The summed E-state index contributed by atoms with van der Waals surface area (Å²) < 4.78 is 6.60. The summed E-state index contributed by atoms with van der Waals surface area (Å²) in [5.41, 5.74) is 4.31. The second-order valence-corrected chi connectivity index (χ2v) is 15.5. The summed E-state index contributed by atoms with van der Waals surface area (Å²) in [4.78, 5) is 16.3. The molecule has 0 saturated heterocycles. The van der Waals surface area contributed by atoms with E-state index < -0.39 is 10.3 Å². The molecule has 3 aliphatic rings. The molecule has 0 bridgehead atoms. The Labute approximate surface area is 249 Å². The SMILES string of the molecule is CC(=O)OS(c1ccc(C2CCCCC2)cc1)(c1ccc(C2CCCCC2)cc1)c1ccc(C2CCCCC2)cc1. The Morgan fingerprint density at radius 2 is 0.756 bits per heavy atom. The van der Waals surface area contributed by atoms with Crippen molar-refractivity contribution >= 4 is 16.3 Å². The van der Waals surface area contributed by atoms with E-state index in [1.165, 1.54) is 113 Å². The van der Waals surface area contributed by atoms with Gasteiger partial charge in [0.2, 0.25) is 0 Å². The van der Waals surface area contributed by atoms with Crippen LogP contribution >= 0.6 is 10.3 Å². The van der Waals surface area contributed by atoms with E-state index in [0.717, 1.165) is 14.7 Å². The molecule has 3 aromatic rings. The molecule has 3 aliphatic carbocycles. The smallest absolute Gasteiger partial charge is 0.313 e. The van der Waals surface area contributed by atoms with Gasteiger partial charge in [-0.3, -0.25) is 4.79 Å². The Hall–Kier alpha value is -2.52. The molecule has 218 valence electrons. The minimum Gasteiger partial charge on any atom is -0.402 e. The number of benzene rings is 3. The first-order chi connectivity index (χ1) is 20.1. The largest absolute Gasteiger partial charge is 0.402 e. The third-order valence-electron chi connectivity index (χ3n) is 10.1. The first-order valence-corrected chi connectivity index (χ1v) is 18.0. The molecule has 0 aromatic heterocycles. The molecule has 3 fully saturated rings. The maximum Gasteiger partial charge on any atom is 0.313 e. The fraction of sp³-hybridized carbons (Fsp3) is 0.500. The van der Waals surface area contributed by atoms with E-state index >= 15 is 0 Å². The lowest BCUT2D eigenvalue weighted by molar-refractivity contribution is -0.131. The van der Waals surface area contributed by atoms with Gasteiger partial charge >= 0.3 is 5.97 Å².